The molecule has 1 heterocycles. The van der Waals surface area contributed by atoms with Crippen LogP contribution in [0.3, 0.4) is 0 Å². The fourth-order valence-corrected chi connectivity index (χ4v) is 1.59. The van der Waals surface area contributed by atoms with Crippen molar-refractivity contribution in [1.29, 1.82) is 0 Å². The van der Waals surface area contributed by atoms with Crippen LogP contribution in [0.25, 0.3) is 11.3 Å². The zero-order valence-corrected chi connectivity index (χ0v) is 9.43. The highest BCUT2D eigenvalue weighted by Gasteiger charge is 2.11. The van der Waals surface area contributed by atoms with E-state index in [1.54, 1.807) is 0 Å². The van der Waals surface area contributed by atoms with Crippen LogP contribution in [0.2, 0.25) is 0 Å². The van der Waals surface area contributed by atoms with Gasteiger partial charge in [-0.3, -0.25) is 9.89 Å². The van der Waals surface area contributed by atoms with E-state index >= 15 is 0 Å². The van der Waals surface area contributed by atoms with Crippen molar-refractivity contribution in [2.75, 3.05) is 12.3 Å². The largest absolute Gasteiger partial charge is 0.494 e. The highest BCUT2D eigenvalue weighted by Crippen LogP contribution is 2.25. The molecule has 0 bridgehead atoms. The number of nitrogens with zero attached hydrogens (tertiary/aromatic N) is 1. The summed E-state index contributed by atoms with van der Waals surface area (Å²) in [7, 11) is 0. The van der Waals surface area contributed by atoms with Gasteiger partial charge in [-0.15, -0.1) is 0 Å². The molecular weight excluding hydrogens is 218 g/mol. The molecule has 0 saturated carbocycles. The zero-order chi connectivity index (χ0) is 12.3. The van der Waals surface area contributed by atoms with Gasteiger partial charge in [0.15, 0.2) is 12.1 Å². The van der Waals surface area contributed by atoms with Gasteiger partial charge in [-0.2, -0.15) is 5.10 Å². The van der Waals surface area contributed by atoms with Gasteiger partial charge < -0.3 is 10.5 Å². The SMILES string of the molecule is CCOc1ccc(-c2[nH]nc(N)c2C=O)cc1. The summed E-state index contributed by atoms with van der Waals surface area (Å²) < 4.78 is 5.34. The van der Waals surface area contributed by atoms with Crippen LogP contribution >= 0.6 is 0 Å². The molecule has 0 spiro atoms. The standard InChI is InChI=1S/C12H13N3O2/c1-2-17-9-5-3-8(4-6-9)11-10(7-16)12(13)15-14-11/h3-7H,2H2,1H3,(H3,13,14,15). The van der Waals surface area contributed by atoms with Crippen LogP contribution in [0.15, 0.2) is 24.3 Å². The number of rotatable bonds is 4. The number of H-pyrrole nitrogens is 1. The highest BCUT2D eigenvalue weighted by atomic mass is 16.5. The highest BCUT2D eigenvalue weighted by molar-refractivity contribution is 5.91. The molecule has 5 heteroatoms. The van der Waals surface area contributed by atoms with Crippen molar-refractivity contribution < 1.29 is 9.53 Å². The maximum atomic E-state index is 10.9. The van der Waals surface area contributed by atoms with E-state index < -0.39 is 0 Å². The molecule has 2 rings (SSSR count). The molecule has 0 saturated heterocycles. The van der Waals surface area contributed by atoms with E-state index in [0.717, 1.165) is 11.3 Å². The molecule has 0 radical (unpaired) electrons. The fourth-order valence-electron chi connectivity index (χ4n) is 1.59. The van der Waals surface area contributed by atoms with E-state index in [-0.39, 0.29) is 5.82 Å². The van der Waals surface area contributed by atoms with Crippen molar-refractivity contribution in [3.8, 4) is 17.0 Å². The first-order valence-electron chi connectivity index (χ1n) is 5.28. The predicted octanol–water partition coefficient (Wildman–Crippen LogP) is 1.87. The molecule has 3 N–H and O–H groups in total. The molecule has 5 nitrogen and oxygen atoms in total. The Morgan fingerprint density at radius 3 is 2.71 bits per heavy atom. The summed E-state index contributed by atoms with van der Waals surface area (Å²) in [5.41, 5.74) is 7.42. The Morgan fingerprint density at radius 2 is 2.12 bits per heavy atom. The maximum Gasteiger partial charge on any atom is 0.156 e. The number of aromatic nitrogens is 2. The van der Waals surface area contributed by atoms with E-state index in [1.807, 2.05) is 31.2 Å². The maximum absolute atomic E-state index is 10.9. The molecule has 1 aromatic carbocycles. The molecular formula is C12H13N3O2. The molecule has 0 fully saturated rings. The average Bonchev–Trinajstić information content (AvgIpc) is 2.72. The van der Waals surface area contributed by atoms with Crippen LogP contribution in [0.5, 0.6) is 5.75 Å². The fraction of sp³-hybridized carbons (Fsp3) is 0.167. The average molecular weight is 231 g/mol. The van der Waals surface area contributed by atoms with Crippen molar-refractivity contribution in [3.63, 3.8) is 0 Å². The third kappa shape index (κ3) is 2.13. The molecule has 0 amide bonds. The Morgan fingerprint density at radius 1 is 1.41 bits per heavy atom. The predicted molar refractivity (Wildman–Crippen MR) is 65.0 cm³/mol. The van der Waals surface area contributed by atoms with Crippen LogP contribution < -0.4 is 10.5 Å². The van der Waals surface area contributed by atoms with E-state index in [0.29, 0.717) is 24.2 Å². The van der Waals surface area contributed by atoms with Gasteiger partial charge in [0.05, 0.1) is 17.9 Å². The number of carbonyl (C=O) groups is 1. The van der Waals surface area contributed by atoms with E-state index in [9.17, 15) is 4.79 Å². The van der Waals surface area contributed by atoms with Crippen LogP contribution in [0.1, 0.15) is 17.3 Å². The third-order valence-electron chi connectivity index (χ3n) is 2.41. The van der Waals surface area contributed by atoms with Crippen LogP contribution in [0.4, 0.5) is 5.82 Å². The lowest BCUT2D eigenvalue weighted by Gasteiger charge is -2.04. The monoisotopic (exact) mass is 231 g/mol. The van der Waals surface area contributed by atoms with Gasteiger partial charge in [-0.05, 0) is 31.2 Å². The van der Waals surface area contributed by atoms with Crippen LogP contribution in [-0.2, 0) is 0 Å². The first-order valence-corrected chi connectivity index (χ1v) is 5.28. The molecule has 0 aliphatic heterocycles. The number of carbonyl (C=O) groups excluding carboxylic acids is 1. The van der Waals surface area contributed by atoms with E-state index in [2.05, 4.69) is 10.2 Å². The first kappa shape index (κ1) is 11.2. The quantitative estimate of drug-likeness (QED) is 0.787. The third-order valence-corrected chi connectivity index (χ3v) is 2.41. The number of hydrogen-bond donors (Lipinski definition) is 2. The van der Waals surface area contributed by atoms with Gasteiger partial charge in [0.2, 0.25) is 0 Å². The van der Waals surface area contributed by atoms with Crippen molar-refractivity contribution in [2.45, 2.75) is 6.92 Å². The minimum absolute atomic E-state index is 0.212. The summed E-state index contributed by atoms with van der Waals surface area (Å²) >= 11 is 0. The number of ether oxygens (including phenoxy) is 1. The second kappa shape index (κ2) is 4.69. The van der Waals surface area contributed by atoms with Gasteiger partial charge in [0, 0.05) is 5.56 Å². The van der Waals surface area contributed by atoms with Gasteiger partial charge in [-0.25, -0.2) is 0 Å². The molecule has 0 atom stereocenters. The molecule has 0 aliphatic carbocycles. The number of aldehydes is 1. The number of aromatic amines is 1. The van der Waals surface area contributed by atoms with Crippen molar-refractivity contribution in [1.82, 2.24) is 10.2 Å². The van der Waals surface area contributed by atoms with Crippen molar-refractivity contribution in [2.24, 2.45) is 0 Å². The van der Waals surface area contributed by atoms with Crippen molar-refractivity contribution in [3.05, 3.63) is 29.8 Å². The Bertz CT molecular complexity index is 517. The number of anilines is 1. The molecule has 17 heavy (non-hydrogen) atoms. The Balaban J connectivity index is 2.36. The van der Waals surface area contributed by atoms with Crippen LogP contribution in [-0.4, -0.2) is 23.1 Å². The summed E-state index contributed by atoms with van der Waals surface area (Å²) in [6, 6.07) is 7.38. The molecule has 0 aliphatic rings. The summed E-state index contributed by atoms with van der Waals surface area (Å²) in [6.45, 7) is 2.55. The Hall–Kier alpha value is -2.30. The van der Waals surface area contributed by atoms with E-state index in [4.69, 9.17) is 10.5 Å². The van der Waals surface area contributed by atoms with Gasteiger partial charge >= 0.3 is 0 Å². The molecule has 88 valence electrons. The lowest BCUT2D eigenvalue weighted by Crippen LogP contribution is -1.92. The number of hydrogen-bond acceptors (Lipinski definition) is 4. The number of benzene rings is 1. The molecule has 1 aromatic heterocycles. The van der Waals surface area contributed by atoms with Gasteiger partial charge in [-0.1, -0.05) is 0 Å². The Kier molecular flexibility index (Phi) is 3.09. The summed E-state index contributed by atoms with van der Waals surface area (Å²) in [6.07, 6.45) is 0.699. The van der Waals surface area contributed by atoms with Crippen LogP contribution in [0, 0.1) is 0 Å². The second-order valence-electron chi connectivity index (χ2n) is 3.47. The van der Waals surface area contributed by atoms with Gasteiger partial charge in [0.1, 0.15) is 5.75 Å². The van der Waals surface area contributed by atoms with Crippen molar-refractivity contribution >= 4 is 12.1 Å². The lowest BCUT2D eigenvalue weighted by atomic mass is 10.1. The number of nitrogen functional groups attached to an aromatic ring is 1. The Labute approximate surface area is 98.6 Å². The summed E-state index contributed by atoms with van der Waals surface area (Å²) in [5.74, 6) is 1.00. The molecule has 0 unspecified atom stereocenters. The normalized spacial score (nSPS) is 10.2. The van der Waals surface area contributed by atoms with Gasteiger partial charge in [0.25, 0.3) is 0 Å². The topological polar surface area (TPSA) is 81.0 Å². The van der Waals surface area contributed by atoms with E-state index in [1.165, 1.54) is 0 Å². The second-order valence-corrected chi connectivity index (χ2v) is 3.47. The summed E-state index contributed by atoms with van der Waals surface area (Å²) in [4.78, 5) is 10.9. The minimum atomic E-state index is 0.212. The first-order chi connectivity index (χ1) is 8.26. The number of nitrogens with two attached hydrogens (primary N) is 1. The smallest absolute Gasteiger partial charge is 0.156 e. The summed E-state index contributed by atoms with van der Waals surface area (Å²) in [5, 5.41) is 6.56. The molecule has 2 aromatic rings. The zero-order valence-electron chi connectivity index (χ0n) is 9.43. The number of nitrogens with one attached hydrogen (secondary N) is 1. The minimum Gasteiger partial charge on any atom is -0.494 e. The lowest BCUT2D eigenvalue weighted by molar-refractivity contribution is 0.112.